The van der Waals surface area contributed by atoms with E-state index in [0.29, 0.717) is 17.4 Å². The lowest BCUT2D eigenvalue weighted by atomic mass is 10.5. The highest BCUT2D eigenvalue weighted by Gasteiger charge is 2.17. The van der Waals surface area contributed by atoms with Crippen molar-refractivity contribution in [2.24, 2.45) is 5.84 Å². The number of nitrogens with two attached hydrogens (primary N) is 1. The first kappa shape index (κ1) is 13.6. The molecule has 0 aliphatic carbocycles. The van der Waals surface area contributed by atoms with Crippen molar-refractivity contribution in [2.75, 3.05) is 24.9 Å². The van der Waals surface area contributed by atoms with Crippen molar-refractivity contribution in [2.45, 2.75) is 11.4 Å². The first-order valence-corrected chi connectivity index (χ1v) is 5.77. The molecule has 0 spiro atoms. The molecule has 17 heavy (non-hydrogen) atoms. The maximum absolute atomic E-state index is 10.7. The van der Waals surface area contributed by atoms with Crippen LogP contribution < -0.4 is 11.3 Å². The lowest BCUT2D eigenvalue weighted by Crippen LogP contribution is -2.11. The van der Waals surface area contributed by atoms with Gasteiger partial charge in [0.2, 0.25) is 5.95 Å². The molecular formula is C8H13N5O3S. The zero-order chi connectivity index (χ0) is 12.7. The predicted octanol–water partition coefficient (Wildman–Crippen LogP) is 0.799. The van der Waals surface area contributed by atoms with Gasteiger partial charge in [-0.3, -0.25) is 15.5 Å². The maximum Gasteiger partial charge on any atom is 0.319 e. The highest BCUT2D eigenvalue weighted by atomic mass is 32.2. The molecule has 0 aliphatic rings. The number of hydrogen-bond donors (Lipinski definition) is 2. The van der Waals surface area contributed by atoms with Crippen LogP contribution in [0.25, 0.3) is 0 Å². The molecule has 0 saturated heterocycles. The number of thioether (sulfide) groups is 1. The number of aromatic nitrogens is 2. The standard InChI is InChI=1S/C8H13N5O3S/c1-16-3-2-4-17-7-6(13(14)15)5-10-8(11-7)12-9/h5H,2-4,9H2,1H3,(H,10,11,12). The molecule has 1 aromatic rings. The summed E-state index contributed by atoms with van der Waals surface area (Å²) in [5, 5.41) is 11.0. The second-order valence-corrected chi connectivity index (χ2v) is 4.06. The zero-order valence-electron chi connectivity index (χ0n) is 9.25. The van der Waals surface area contributed by atoms with Gasteiger partial charge >= 0.3 is 5.69 Å². The van der Waals surface area contributed by atoms with Gasteiger partial charge in [0.25, 0.3) is 0 Å². The fourth-order valence-electron chi connectivity index (χ4n) is 1.03. The fourth-order valence-corrected chi connectivity index (χ4v) is 1.91. The summed E-state index contributed by atoms with van der Waals surface area (Å²) < 4.78 is 4.89. The van der Waals surface area contributed by atoms with Gasteiger partial charge in [-0.05, 0) is 6.42 Å². The highest BCUT2D eigenvalue weighted by Crippen LogP contribution is 2.27. The van der Waals surface area contributed by atoms with Gasteiger partial charge in [0.1, 0.15) is 6.20 Å². The summed E-state index contributed by atoms with van der Waals surface area (Å²) in [4.78, 5) is 17.9. The number of anilines is 1. The molecule has 0 saturated carbocycles. The van der Waals surface area contributed by atoms with Gasteiger partial charge in [0.15, 0.2) is 5.03 Å². The van der Waals surface area contributed by atoms with Gasteiger partial charge in [-0.15, -0.1) is 0 Å². The molecule has 0 fully saturated rings. The molecule has 8 nitrogen and oxygen atoms in total. The Labute approximate surface area is 102 Å². The molecule has 0 amide bonds. The van der Waals surface area contributed by atoms with Gasteiger partial charge in [-0.2, -0.15) is 4.98 Å². The number of nitrogen functional groups attached to an aromatic ring is 1. The molecule has 94 valence electrons. The Morgan fingerprint density at radius 2 is 2.47 bits per heavy atom. The Morgan fingerprint density at radius 3 is 3.06 bits per heavy atom. The van der Waals surface area contributed by atoms with E-state index in [0.717, 1.165) is 12.6 Å². The molecule has 0 unspecified atom stereocenters. The number of nitrogens with zero attached hydrogens (tertiary/aromatic N) is 3. The highest BCUT2D eigenvalue weighted by molar-refractivity contribution is 7.99. The number of hydrogen-bond acceptors (Lipinski definition) is 8. The van der Waals surface area contributed by atoms with Gasteiger partial charge in [-0.1, -0.05) is 11.8 Å². The lowest BCUT2D eigenvalue weighted by Gasteiger charge is -2.03. The number of nitrogens with one attached hydrogen (secondary N) is 1. The topological polar surface area (TPSA) is 116 Å². The smallest absolute Gasteiger partial charge is 0.319 e. The Morgan fingerprint density at radius 1 is 1.71 bits per heavy atom. The summed E-state index contributed by atoms with van der Waals surface area (Å²) in [6.45, 7) is 0.605. The number of hydrazine groups is 1. The number of methoxy groups -OCH3 is 1. The summed E-state index contributed by atoms with van der Waals surface area (Å²) >= 11 is 1.28. The summed E-state index contributed by atoms with van der Waals surface area (Å²) in [6.07, 6.45) is 1.93. The first-order valence-electron chi connectivity index (χ1n) is 4.78. The van der Waals surface area contributed by atoms with Crippen LogP contribution in [-0.4, -0.2) is 34.4 Å². The average molecular weight is 259 g/mol. The van der Waals surface area contributed by atoms with Crippen LogP contribution in [-0.2, 0) is 4.74 Å². The third-order valence-electron chi connectivity index (χ3n) is 1.79. The van der Waals surface area contributed by atoms with Crippen LogP contribution in [0.3, 0.4) is 0 Å². The van der Waals surface area contributed by atoms with Crippen molar-refractivity contribution in [1.29, 1.82) is 0 Å². The van der Waals surface area contributed by atoms with Crippen LogP contribution in [0.2, 0.25) is 0 Å². The molecule has 0 atom stereocenters. The minimum absolute atomic E-state index is 0.119. The molecule has 3 N–H and O–H groups in total. The van der Waals surface area contributed by atoms with Crippen LogP contribution in [0, 0.1) is 10.1 Å². The monoisotopic (exact) mass is 259 g/mol. The van der Waals surface area contributed by atoms with E-state index in [2.05, 4.69) is 15.4 Å². The Hall–Kier alpha value is -1.45. The van der Waals surface area contributed by atoms with E-state index in [1.165, 1.54) is 11.8 Å². The SMILES string of the molecule is COCCCSc1nc(NN)ncc1[N+](=O)[O-]. The molecule has 0 radical (unpaired) electrons. The van der Waals surface area contributed by atoms with Crippen molar-refractivity contribution in [1.82, 2.24) is 9.97 Å². The van der Waals surface area contributed by atoms with Crippen molar-refractivity contribution in [3.8, 4) is 0 Å². The normalized spacial score (nSPS) is 10.2. The first-order chi connectivity index (χ1) is 8.19. The third kappa shape index (κ3) is 4.13. The van der Waals surface area contributed by atoms with Crippen LogP contribution in [0.5, 0.6) is 0 Å². The zero-order valence-corrected chi connectivity index (χ0v) is 10.1. The van der Waals surface area contributed by atoms with Crippen LogP contribution >= 0.6 is 11.8 Å². The molecule has 0 aliphatic heterocycles. The van der Waals surface area contributed by atoms with E-state index in [-0.39, 0.29) is 11.6 Å². The summed E-state index contributed by atoms with van der Waals surface area (Å²) in [5.74, 6) is 5.98. The fraction of sp³-hybridized carbons (Fsp3) is 0.500. The number of nitro groups is 1. The Bertz CT molecular complexity index is 389. The lowest BCUT2D eigenvalue weighted by molar-refractivity contribution is -0.388. The summed E-state index contributed by atoms with van der Waals surface area (Å²) in [7, 11) is 1.61. The number of ether oxygens (including phenoxy) is 1. The van der Waals surface area contributed by atoms with Crippen LogP contribution in [0.4, 0.5) is 11.6 Å². The second-order valence-electron chi connectivity index (χ2n) is 2.98. The minimum atomic E-state index is -0.515. The predicted molar refractivity (Wildman–Crippen MR) is 63.7 cm³/mol. The van der Waals surface area contributed by atoms with Crippen molar-refractivity contribution in [3.05, 3.63) is 16.3 Å². The van der Waals surface area contributed by atoms with Crippen molar-refractivity contribution < 1.29 is 9.66 Å². The molecule has 0 bridgehead atoms. The van der Waals surface area contributed by atoms with Crippen LogP contribution in [0.15, 0.2) is 11.2 Å². The van der Waals surface area contributed by atoms with Gasteiger partial charge < -0.3 is 4.74 Å². The molecule has 9 heteroatoms. The van der Waals surface area contributed by atoms with E-state index < -0.39 is 4.92 Å². The molecular weight excluding hydrogens is 246 g/mol. The van der Waals surface area contributed by atoms with Gasteiger partial charge in [0, 0.05) is 19.5 Å². The quantitative estimate of drug-likeness (QED) is 0.184. The number of rotatable bonds is 7. The average Bonchev–Trinajstić information content (AvgIpc) is 2.34. The summed E-state index contributed by atoms with van der Waals surface area (Å²) in [6, 6.07) is 0. The van der Waals surface area contributed by atoms with E-state index in [4.69, 9.17) is 10.6 Å². The minimum Gasteiger partial charge on any atom is -0.385 e. The Kier molecular flexibility index (Phi) is 5.60. The molecule has 1 aromatic heterocycles. The van der Waals surface area contributed by atoms with E-state index >= 15 is 0 Å². The van der Waals surface area contributed by atoms with E-state index in [1.807, 2.05) is 0 Å². The Balaban J connectivity index is 2.75. The summed E-state index contributed by atoms with van der Waals surface area (Å²) in [5.41, 5.74) is 2.13. The molecule has 1 heterocycles. The van der Waals surface area contributed by atoms with Gasteiger partial charge in [-0.25, -0.2) is 10.8 Å². The largest absolute Gasteiger partial charge is 0.385 e. The van der Waals surface area contributed by atoms with Crippen molar-refractivity contribution in [3.63, 3.8) is 0 Å². The van der Waals surface area contributed by atoms with Gasteiger partial charge in [0.05, 0.1) is 4.92 Å². The third-order valence-corrected chi connectivity index (χ3v) is 2.86. The van der Waals surface area contributed by atoms with E-state index in [1.54, 1.807) is 7.11 Å². The van der Waals surface area contributed by atoms with Crippen LogP contribution in [0.1, 0.15) is 6.42 Å². The van der Waals surface area contributed by atoms with E-state index in [9.17, 15) is 10.1 Å². The molecule has 0 aromatic carbocycles. The second kappa shape index (κ2) is 6.99. The maximum atomic E-state index is 10.7. The molecule has 1 rings (SSSR count). The van der Waals surface area contributed by atoms with Crippen molar-refractivity contribution >= 4 is 23.4 Å².